The molecule has 0 saturated heterocycles. The van der Waals surface area contributed by atoms with Crippen LogP contribution in [0.5, 0.6) is 5.75 Å². The highest BCUT2D eigenvalue weighted by atomic mass is 35.5. The Bertz CT molecular complexity index is 1490. The number of fused-ring (bicyclic) bond motifs is 1. The number of rotatable bonds is 8. The lowest BCUT2D eigenvalue weighted by atomic mass is 9.92. The Balaban J connectivity index is 1.49. The number of sulfone groups is 1. The summed E-state index contributed by atoms with van der Waals surface area (Å²) in [6, 6.07) is 8.18. The van der Waals surface area contributed by atoms with E-state index < -0.39 is 39.7 Å². The molecule has 7 nitrogen and oxygen atoms in total. The van der Waals surface area contributed by atoms with E-state index in [1.807, 2.05) is 0 Å². The van der Waals surface area contributed by atoms with E-state index in [2.05, 4.69) is 10.4 Å². The number of benzene rings is 2. The third-order valence-electron chi connectivity index (χ3n) is 5.98. The van der Waals surface area contributed by atoms with E-state index in [4.69, 9.17) is 27.9 Å². The third kappa shape index (κ3) is 6.14. The number of carbonyl (C=O) groups is 1. The molecule has 1 aliphatic rings. The number of ether oxygens (including phenoxy) is 1. The number of allylic oxidation sites excluding steroid dienone is 1. The van der Waals surface area contributed by atoms with Gasteiger partial charge >= 0.3 is 0 Å². The van der Waals surface area contributed by atoms with Gasteiger partial charge in [-0.2, -0.15) is 5.10 Å². The summed E-state index contributed by atoms with van der Waals surface area (Å²) in [6.45, 7) is -0.196. The molecule has 1 N–H and O–H groups in total. The van der Waals surface area contributed by atoms with Crippen molar-refractivity contribution >= 4 is 44.5 Å². The maximum Gasteiger partial charge on any atom is 0.235 e. The Morgan fingerprint density at radius 1 is 1.19 bits per heavy atom. The first-order valence-electron chi connectivity index (χ1n) is 11.3. The number of halogens is 4. The van der Waals surface area contributed by atoms with Gasteiger partial charge in [0.1, 0.15) is 11.6 Å². The molecule has 1 aromatic heterocycles. The van der Waals surface area contributed by atoms with Crippen molar-refractivity contribution < 1.29 is 26.7 Å². The first kappa shape index (κ1) is 27.1. The minimum Gasteiger partial charge on any atom is -0.494 e. The van der Waals surface area contributed by atoms with Gasteiger partial charge in [-0.05, 0) is 60.7 Å². The third-order valence-corrected chi connectivity index (χ3v) is 8.18. The SMILES string of the molecule is COc1ccc(S(=O)(=O)CC(=O)NC/C(F)=C2\CCCc3cnn(Cc4ccc(Cl)cc4Cl)c32)cc1F. The Labute approximate surface area is 222 Å². The van der Waals surface area contributed by atoms with Crippen molar-refractivity contribution in [2.75, 3.05) is 19.4 Å². The summed E-state index contributed by atoms with van der Waals surface area (Å²) in [7, 11) is -2.90. The lowest BCUT2D eigenvalue weighted by Crippen LogP contribution is -2.31. The van der Waals surface area contributed by atoms with E-state index in [0.29, 0.717) is 40.7 Å². The van der Waals surface area contributed by atoms with Crippen molar-refractivity contribution in [2.45, 2.75) is 30.7 Å². The lowest BCUT2D eigenvalue weighted by Gasteiger charge is -2.19. The van der Waals surface area contributed by atoms with Crippen LogP contribution >= 0.6 is 23.2 Å². The second kappa shape index (κ2) is 11.2. The summed E-state index contributed by atoms with van der Waals surface area (Å²) in [5, 5.41) is 7.68. The van der Waals surface area contributed by atoms with Crippen molar-refractivity contribution in [1.82, 2.24) is 15.1 Å². The molecule has 196 valence electrons. The van der Waals surface area contributed by atoms with Crippen LogP contribution in [-0.2, 0) is 27.6 Å². The second-order valence-corrected chi connectivity index (χ2v) is 11.3. The van der Waals surface area contributed by atoms with Crippen LogP contribution in [0.3, 0.4) is 0 Å². The largest absolute Gasteiger partial charge is 0.494 e. The molecule has 0 atom stereocenters. The first-order chi connectivity index (χ1) is 17.6. The van der Waals surface area contributed by atoms with E-state index >= 15 is 4.39 Å². The van der Waals surface area contributed by atoms with E-state index in [0.717, 1.165) is 35.7 Å². The molecule has 0 saturated carbocycles. The number of aromatic nitrogens is 2. The van der Waals surface area contributed by atoms with Crippen molar-refractivity contribution in [2.24, 2.45) is 0 Å². The first-order valence-corrected chi connectivity index (χ1v) is 13.7. The molecule has 0 radical (unpaired) electrons. The molecule has 0 unspecified atom stereocenters. The molecule has 37 heavy (non-hydrogen) atoms. The predicted molar refractivity (Wildman–Crippen MR) is 137 cm³/mol. The Morgan fingerprint density at radius 3 is 2.68 bits per heavy atom. The fraction of sp³-hybridized carbons (Fsp3) is 0.280. The summed E-state index contributed by atoms with van der Waals surface area (Å²) in [4.78, 5) is 12.0. The smallest absolute Gasteiger partial charge is 0.235 e. The molecule has 3 aromatic rings. The maximum absolute atomic E-state index is 15.3. The van der Waals surface area contributed by atoms with Gasteiger partial charge in [-0.3, -0.25) is 9.48 Å². The fourth-order valence-electron chi connectivity index (χ4n) is 4.16. The highest BCUT2D eigenvalue weighted by Crippen LogP contribution is 2.34. The van der Waals surface area contributed by atoms with Crippen molar-refractivity contribution in [1.29, 1.82) is 0 Å². The maximum atomic E-state index is 15.3. The molecule has 4 rings (SSSR count). The predicted octanol–water partition coefficient (Wildman–Crippen LogP) is 4.99. The molecular formula is C25H23Cl2F2N3O4S. The van der Waals surface area contributed by atoms with Gasteiger partial charge < -0.3 is 10.1 Å². The number of nitrogens with one attached hydrogen (secondary N) is 1. The zero-order valence-corrected chi connectivity index (χ0v) is 22.1. The molecule has 12 heteroatoms. The number of aryl methyl sites for hydroxylation is 1. The Morgan fingerprint density at radius 2 is 1.97 bits per heavy atom. The average molecular weight is 570 g/mol. The van der Waals surface area contributed by atoms with E-state index in [9.17, 15) is 17.6 Å². The number of hydrogen-bond donors (Lipinski definition) is 1. The molecular weight excluding hydrogens is 547 g/mol. The quantitative estimate of drug-likeness (QED) is 0.412. The molecule has 0 fully saturated rings. The summed E-state index contributed by atoms with van der Waals surface area (Å²) in [6.07, 6.45) is 3.54. The normalized spacial score (nSPS) is 14.7. The van der Waals surface area contributed by atoms with Gasteiger partial charge in [0, 0.05) is 15.6 Å². The number of hydrogen-bond acceptors (Lipinski definition) is 5. The summed E-state index contributed by atoms with van der Waals surface area (Å²) in [5.41, 5.74) is 2.64. The monoisotopic (exact) mass is 569 g/mol. The van der Waals surface area contributed by atoms with E-state index in [1.54, 1.807) is 29.1 Å². The standard InChI is InChI=1S/C25H23Cl2F2N3O4S/c1-36-23-8-7-18(10-21(23)28)37(34,35)14-24(33)30-12-22(29)19-4-2-3-15-11-31-32(25(15)19)13-16-5-6-17(26)9-20(16)27/h5-11H,2-4,12-14H2,1H3,(H,30,33)/b22-19-. The van der Waals surface area contributed by atoms with Crippen molar-refractivity contribution in [3.05, 3.63) is 81.1 Å². The van der Waals surface area contributed by atoms with Crippen LogP contribution in [0.15, 0.2) is 53.3 Å². The van der Waals surface area contributed by atoms with Gasteiger partial charge in [0.2, 0.25) is 5.91 Å². The van der Waals surface area contributed by atoms with Gasteiger partial charge in [-0.1, -0.05) is 29.3 Å². The van der Waals surface area contributed by atoms with Crippen LogP contribution in [0.4, 0.5) is 8.78 Å². The second-order valence-electron chi connectivity index (χ2n) is 8.48. The van der Waals surface area contributed by atoms with Crippen molar-refractivity contribution in [3.63, 3.8) is 0 Å². The van der Waals surface area contributed by atoms with Crippen LogP contribution in [0.1, 0.15) is 29.7 Å². The Kier molecular flexibility index (Phi) is 8.20. The minimum absolute atomic E-state index is 0.124. The van der Waals surface area contributed by atoms with Gasteiger partial charge in [-0.15, -0.1) is 0 Å². The van der Waals surface area contributed by atoms with Crippen LogP contribution in [-0.4, -0.2) is 43.5 Å². The highest BCUT2D eigenvalue weighted by Gasteiger charge is 2.25. The zero-order chi connectivity index (χ0) is 26.7. The van der Waals surface area contributed by atoms with E-state index in [1.165, 1.54) is 7.11 Å². The van der Waals surface area contributed by atoms with Gasteiger partial charge in [0.25, 0.3) is 0 Å². The van der Waals surface area contributed by atoms with Gasteiger partial charge in [0.05, 0.1) is 37.0 Å². The summed E-state index contributed by atoms with van der Waals surface area (Å²) < 4.78 is 60.7. The zero-order valence-electron chi connectivity index (χ0n) is 19.7. The highest BCUT2D eigenvalue weighted by molar-refractivity contribution is 7.92. The van der Waals surface area contributed by atoms with Crippen molar-refractivity contribution in [3.8, 4) is 5.75 Å². The molecule has 0 spiro atoms. The van der Waals surface area contributed by atoms with Gasteiger partial charge in [0.15, 0.2) is 21.4 Å². The van der Waals surface area contributed by atoms with Crippen LogP contribution < -0.4 is 10.1 Å². The fourth-order valence-corrected chi connectivity index (χ4v) is 5.80. The molecule has 2 aromatic carbocycles. The van der Waals surface area contributed by atoms with E-state index in [-0.39, 0.29) is 10.6 Å². The molecule has 0 aliphatic heterocycles. The van der Waals surface area contributed by atoms with Crippen LogP contribution in [0.2, 0.25) is 10.0 Å². The molecule has 1 aliphatic carbocycles. The van der Waals surface area contributed by atoms with Gasteiger partial charge in [-0.25, -0.2) is 17.2 Å². The lowest BCUT2D eigenvalue weighted by molar-refractivity contribution is -0.118. The number of nitrogens with zero attached hydrogens (tertiary/aromatic N) is 2. The molecule has 0 bridgehead atoms. The number of amides is 1. The van der Waals surface area contributed by atoms with Crippen LogP contribution in [0.25, 0.3) is 5.57 Å². The van der Waals surface area contributed by atoms with Crippen LogP contribution in [0, 0.1) is 5.82 Å². The molecule has 1 amide bonds. The number of methoxy groups -OCH3 is 1. The average Bonchev–Trinajstić information content (AvgIpc) is 3.27. The summed E-state index contributed by atoms with van der Waals surface area (Å²) in [5.74, 6) is -3.46. The Hall–Kier alpha value is -2.95. The minimum atomic E-state index is -4.15. The molecule has 1 heterocycles. The number of carbonyl (C=O) groups excluding carboxylic acids is 1. The topological polar surface area (TPSA) is 90.3 Å². The summed E-state index contributed by atoms with van der Waals surface area (Å²) >= 11 is 12.3.